The van der Waals surface area contributed by atoms with Gasteiger partial charge in [-0.25, -0.2) is 9.78 Å². The molecule has 126 valence electrons. The number of aromatic nitrogens is 2. The van der Waals surface area contributed by atoms with Crippen LogP contribution in [0.25, 0.3) is 21.5 Å². The predicted octanol–water partition coefficient (Wildman–Crippen LogP) is 4.54. The predicted molar refractivity (Wildman–Crippen MR) is 97.1 cm³/mol. The van der Waals surface area contributed by atoms with Gasteiger partial charge in [0.15, 0.2) is 0 Å². The van der Waals surface area contributed by atoms with Crippen molar-refractivity contribution in [2.24, 2.45) is 0 Å². The fourth-order valence-corrected chi connectivity index (χ4v) is 4.69. The van der Waals surface area contributed by atoms with Gasteiger partial charge < -0.3 is 9.67 Å². The van der Waals surface area contributed by atoms with Crippen LogP contribution in [0.15, 0.2) is 18.2 Å². The van der Waals surface area contributed by atoms with E-state index in [1.807, 2.05) is 18.2 Å². The molecule has 1 N–H and O–H groups in total. The number of nitriles is 1. The normalized spacial score (nSPS) is 16.6. The molecule has 4 rings (SSSR count). The Hall–Kier alpha value is -2.65. The lowest BCUT2D eigenvalue weighted by Gasteiger charge is -2.23. The summed E-state index contributed by atoms with van der Waals surface area (Å²) in [4.78, 5) is 15.9. The Morgan fingerprint density at radius 1 is 1.48 bits per heavy atom. The molecule has 2 aromatic heterocycles. The number of carboxylic acids is 1. The van der Waals surface area contributed by atoms with Gasteiger partial charge in [0, 0.05) is 28.2 Å². The van der Waals surface area contributed by atoms with E-state index in [0.29, 0.717) is 16.7 Å². The molecule has 1 atom stereocenters. The quantitative estimate of drug-likeness (QED) is 0.735. The van der Waals surface area contributed by atoms with Crippen molar-refractivity contribution in [1.82, 2.24) is 9.55 Å². The lowest BCUT2D eigenvalue weighted by Crippen LogP contribution is -2.14. The molecule has 3 heterocycles. The van der Waals surface area contributed by atoms with Crippen LogP contribution in [0, 0.1) is 18.3 Å². The second-order valence-electron chi connectivity index (χ2n) is 6.52. The zero-order chi connectivity index (χ0) is 17.7. The molecule has 0 fully saturated rings. The third-order valence-electron chi connectivity index (χ3n) is 4.93. The van der Waals surface area contributed by atoms with Crippen LogP contribution in [0.1, 0.15) is 52.4 Å². The van der Waals surface area contributed by atoms with Crippen LogP contribution in [0.3, 0.4) is 0 Å². The highest BCUT2D eigenvalue weighted by molar-refractivity contribution is 7.17. The van der Waals surface area contributed by atoms with Crippen molar-refractivity contribution >= 4 is 28.2 Å². The lowest BCUT2D eigenvalue weighted by atomic mass is 10.0. The van der Waals surface area contributed by atoms with Crippen LogP contribution >= 0.6 is 11.3 Å². The number of hydrogen-bond acceptors (Lipinski definition) is 4. The Balaban J connectivity index is 1.93. The zero-order valence-corrected chi connectivity index (χ0v) is 14.9. The number of carbonyl (C=O) groups is 1. The van der Waals surface area contributed by atoms with Crippen LogP contribution in [0.2, 0.25) is 0 Å². The van der Waals surface area contributed by atoms with Gasteiger partial charge in [-0.15, -0.1) is 11.3 Å². The molecule has 0 radical (unpaired) electrons. The van der Waals surface area contributed by atoms with E-state index in [1.165, 1.54) is 11.3 Å². The highest BCUT2D eigenvalue weighted by Crippen LogP contribution is 2.38. The number of thiazole rings is 1. The fraction of sp³-hybridized carbons (Fsp3) is 0.316. The molecule has 1 aromatic carbocycles. The molecule has 0 unspecified atom stereocenters. The summed E-state index contributed by atoms with van der Waals surface area (Å²) in [5.74, 6) is -0.951. The summed E-state index contributed by atoms with van der Waals surface area (Å²) in [7, 11) is 0. The third kappa shape index (κ3) is 2.35. The van der Waals surface area contributed by atoms with Gasteiger partial charge in [0.1, 0.15) is 16.0 Å². The van der Waals surface area contributed by atoms with Gasteiger partial charge >= 0.3 is 5.97 Å². The van der Waals surface area contributed by atoms with Crippen molar-refractivity contribution in [3.05, 3.63) is 40.0 Å². The maximum Gasteiger partial charge on any atom is 0.347 e. The fourth-order valence-electron chi connectivity index (χ4n) is 3.79. The van der Waals surface area contributed by atoms with E-state index < -0.39 is 5.97 Å². The van der Waals surface area contributed by atoms with Crippen molar-refractivity contribution in [3.63, 3.8) is 0 Å². The van der Waals surface area contributed by atoms with Crippen LogP contribution in [-0.4, -0.2) is 20.6 Å². The SMILES string of the molecule is Cc1nc(-c2ccc3c(c2)c(C#N)c2n3[C@H](C)CCC2)sc1C(=O)O. The van der Waals surface area contributed by atoms with Crippen molar-refractivity contribution in [2.75, 3.05) is 0 Å². The summed E-state index contributed by atoms with van der Waals surface area (Å²) >= 11 is 1.18. The van der Waals surface area contributed by atoms with E-state index in [2.05, 4.69) is 22.5 Å². The summed E-state index contributed by atoms with van der Waals surface area (Å²) in [6.07, 6.45) is 3.15. The van der Waals surface area contributed by atoms with Crippen LogP contribution in [-0.2, 0) is 6.42 Å². The first-order valence-electron chi connectivity index (χ1n) is 8.29. The summed E-state index contributed by atoms with van der Waals surface area (Å²) in [5.41, 5.74) is 4.33. The maximum atomic E-state index is 11.3. The van der Waals surface area contributed by atoms with Crippen molar-refractivity contribution in [2.45, 2.75) is 39.2 Å². The Labute approximate surface area is 149 Å². The Kier molecular flexibility index (Phi) is 3.62. The second kappa shape index (κ2) is 5.71. The molecule has 0 bridgehead atoms. The van der Waals surface area contributed by atoms with Gasteiger partial charge in [0.25, 0.3) is 0 Å². The average Bonchev–Trinajstić information content (AvgIpc) is 3.12. The number of fused-ring (bicyclic) bond motifs is 3. The summed E-state index contributed by atoms with van der Waals surface area (Å²) < 4.78 is 2.29. The highest BCUT2D eigenvalue weighted by Gasteiger charge is 2.24. The Morgan fingerprint density at radius 3 is 2.96 bits per heavy atom. The van der Waals surface area contributed by atoms with Crippen molar-refractivity contribution in [3.8, 4) is 16.6 Å². The number of benzene rings is 1. The van der Waals surface area contributed by atoms with Gasteiger partial charge in [-0.2, -0.15) is 5.26 Å². The monoisotopic (exact) mass is 351 g/mol. The molecule has 3 aromatic rings. The second-order valence-corrected chi connectivity index (χ2v) is 7.51. The van der Waals surface area contributed by atoms with E-state index in [1.54, 1.807) is 6.92 Å². The molecule has 0 amide bonds. The minimum absolute atomic E-state index is 0.264. The summed E-state index contributed by atoms with van der Waals surface area (Å²) in [5, 5.41) is 20.6. The van der Waals surface area contributed by atoms with E-state index in [4.69, 9.17) is 0 Å². The van der Waals surface area contributed by atoms with E-state index >= 15 is 0 Å². The van der Waals surface area contributed by atoms with E-state index in [-0.39, 0.29) is 4.88 Å². The molecule has 0 aliphatic carbocycles. The standard InChI is InChI=1S/C19H17N3O2S/c1-10-4-3-5-15-14(9-20)13-8-12(6-7-16(13)22(10)15)18-21-11(2)17(25-18)19(23)24/h6-8,10H,3-5H2,1-2H3,(H,23,24)/t10-/m1/s1. The van der Waals surface area contributed by atoms with Gasteiger partial charge in [-0.1, -0.05) is 0 Å². The number of aryl methyl sites for hydroxylation is 1. The molecule has 1 aliphatic heterocycles. The molecule has 0 saturated heterocycles. The lowest BCUT2D eigenvalue weighted by molar-refractivity contribution is 0.0701. The molecule has 25 heavy (non-hydrogen) atoms. The molecular weight excluding hydrogens is 334 g/mol. The number of aromatic carboxylic acids is 1. The third-order valence-corrected chi connectivity index (χ3v) is 6.13. The number of hydrogen-bond donors (Lipinski definition) is 1. The van der Waals surface area contributed by atoms with Crippen molar-refractivity contribution in [1.29, 1.82) is 5.26 Å². The summed E-state index contributed by atoms with van der Waals surface area (Å²) in [6.45, 7) is 3.90. The van der Waals surface area contributed by atoms with E-state index in [9.17, 15) is 15.2 Å². The minimum atomic E-state index is -0.951. The first kappa shape index (κ1) is 15.9. The first-order chi connectivity index (χ1) is 12.0. The van der Waals surface area contributed by atoms with Crippen molar-refractivity contribution < 1.29 is 9.90 Å². The average molecular weight is 351 g/mol. The Bertz CT molecular complexity index is 1050. The van der Waals surface area contributed by atoms with Gasteiger partial charge in [-0.3, -0.25) is 0 Å². The molecular formula is C19H17N3O2S. The first-order valence-corrected chi connectivity index (χ1v) is 9.11. The zero-order valence-electron chi connectivity index (χ0n) is 14.0. The highest BCUT2D eigenvalue weighted by atomic mass is 32.1. The smallest absolute Gasteiger partial charge is 0.347 e. The van der Waals surface area contributed by atoms with Crippen LogP contribution in [0.5, 0.6) is 0 Å². The molecule has 0 saturated carbocycles. The number of rotatable bonds is 2. The van der Waals surface area contributed by atoms with Gasteiger partial charge in [-0.05, 0) is 51.3 Å². The van der Waals surface area contributed by atoms with Crippen LogP contribution < -0.4 is 0 Å². The van der Waals surface area contributed by atoms with Crippen LogP contribution in [0.4, 0.5) is 0 Å². The number of carboxylic acid groups (broad SMARTS) is 1. The number of nitrogens with zero attached hydrogens (tertiary/aromatic N) is 3. The molecule has 0 spiro atoms. The molecule has 1 aliphatic rings. The minimum Gasteiger partial charge on any atom is -0.477 e. The van der Waals surface area contributed by atoms with Gasteiger partial charge in [0.05, 0.1) is 11.3 Å². The van der Waals surface area contributed by atoms with E-state index in [0.717, 1.165) is 47.0 Å². The van der Waals surface area contributed by atoms with Gasteiger partial charge in [0.2, 0.25) is 0 Å². The maximum absolute atomic E-state index is 11.3. The molecule has 5 nitrogen and oxygen atoms in total. The Morgan fingerprint density at radius 2 is 2.28 bits per heavy atom. The summed E-state index contributed by atoms with van der Waals surface area (Å²) in [6, 6.07) is 8.76. The molecule has 6 heteroatoms. The largest absolute Gasteiger partial charge is 0.477 e. The topological polar surface area (TPSA) is 78.9 Å².